The maximum Gasteiger partial charge on any atom is 0.186 e. The van der Waals surface area contributed by atoms with E-state index in [-0.39, 0.29) is 63.3 Å². The van der Waals surface area contributed by atoms with Crippen molar-refractivity contribution in [2.45, 2.75) is 148 Å². The van der Waals surface area contributed by atoms with Crippen LogP contribution in [0, 0.1) is 50.2 Å². The van der Waals surface area contributed by atoms with E-state index in [4.69, 9.17) is 14.2 Å². The van der Waals surface area contributed by atoms with Crippen molar-refractivity contribution in [2.75, 3.05) is 13.2 Å². The Kier molecular flexibility index (Phi) is 7.08. The molecule has 2 heterocycles. The molecule has 8 heteroatoms. The topological polar surface area (TPSA) is 129 Å². The van der Waals surface area contributed by atoms with Gasteiger partial charge in [0.05, 0.1) is 37.1 Å². The molecule has 5 aliphatic carbocycles. The third-order valence-electron chi connectivity index (χ3n) is 15.8. The van der Waals surface area contributed by atoms with Crippen LogP contribution in [0.2, 0.25) is 0 Å². The molecule has 1 spiro atoms. The predicted molar refractivity (Wildman–Crippen MR) is 164 cm³/mol. The molecule has 0 radical (unpaired) electrons. The van der Waals surface area contributed by atoms with Gasteiger partial charge in [0, 0.05) is 22.2 Å². The van der Waals surface area contributed by atoms with Crippen molar-refractivity contribution in [2.24, 2.45) is 50.2 Å². The minimum Gasteiger partial charge on any atom is -0.396 e. The molecule has 0 aromatic carbocycles. The molecule has 8 nitrogen and oxygen atoms in total. The lowest BCUT2D eigenvalue weighted by atomic mass is 9.32. The Morgan fingerprint density at radius 3 is 2.27 bits per heavy atom. The third-order valence-corrected chi connectivity index (χ3v) is 15.8. The van der Waals surface area contributed by atoms with Gasteiger partial charge in [-0.1, -0.05) is 53.7 Å². The van der Waals surface area contributed by atoms with Gasteiger partial charge in [-0.3, -0.25) is 0 Å². The first-order valence-electron chi connectivity index (χ1n) is 17.4. The van der Waals surface area contributed by atoms with Gasteiger partial charge in [0.1, 0.15) is 18.3 Å². The van der Waals surface area contributed by atoms with E-state index in [1.807, 2.05) is 0 Å². The van der Waals surface area contributed by atoms with Gasteiger partial charge in [0.15, 0.2) is 6.29 Å². The zero-order valence-electron chi connectivity index (χ0n) is 28.0. The Bertz CT molecular complexity index is 1190. The molecule has 44 heavy (non-hydrogen) atoms. The third kappa shape index (κ3) is 3.75. The second-order valence-corrected chi connectivity index (χ2v) is 18.1. The summed E-state index contributed by atoms with van der Waals surface area (Å²) in [7, 11) is 0. The summed E-state index contributed by atoms with van der Waals surface area (Å²) in [5, 5.41) is 54.4. The molecule has 5 N–H and O–H groups in total. The molecule has 16 atom stereocenters. The average Bonchev–Trinajstić information content (AvgIpc) is 3.24. The number of ether oxygens (including phenoxy) is 3. The van der Waals surface area contributed by atoms with Crippen LogP contribution in [0.15, 0.2) is 12.2 Å². The second kappa shape index (κ2) is 9.74. The molecule has 2 bridgehead atoms. The van der Waals surface area contributed by atoms with Gasteiger partial charge in [0.25, 0.3) is 0 Å². The molecule has 2 unspecified atom stereocenters. The highest BCUT2D eigenvalue weighted by atomic mass is 16.7. The molecule has 250 valence electrons. The predicted octanol–water partition coefficient (Wildman–Crippen LogP) is 3.95. The van der Waals surface area contributed by atoms with E-state index in [2.05, 4.69) is 53.7 Å². The monoisotopic (exact) mass is 618 g/mol. The first-order chi connectivity index (χ1) is 20.4. The van der Waals surface area contributed by atoms with Crippen LogP contribution in [0.25, 0.3) is 0 Å². The normalized spacial score (nSPS) is 61.0. The van der Waals surface area contributed by atoms with Crippen LogP contribution in [0.5, 0.6) is 0 Å². The summed E-state index contributed by atoms with van der Waals surface area (Å²) in [5.74, 6) is 0.695. The van der Waals surface area contributed by atoms with Crippen molar-refractivity contribution in [1.29, 1.82) is 0 Å². The lowest BCUT2D eigenvalue weighted by Gasteiger charge is -2.73. The number of rotatable bonds is 3. The molecule has 2 aliphatic heterocycles. The zero-order chi connectivity index (χ0) is 31.9. The molecule has 4 saturated carbocycles. The first-order valence-corrected chi connectivity index (χ1v) is 17.4. The second-order valence-electron chi connectivity index (χ2n) is 18.1. The summed E-state index contributed by atoms with van der Waals surface area (Å²) in [6.45, 7) is 16.4. The van der Waals surface area contributed by atoms with E-state index in [0.29, 0.717) is 18.9 Å². The Hall–Kier alpha value is -0.580. The molecule has 0 aromatic heterocycles. The van der Waals surface area contributed by atoms with E-state index in [1.54, 1.807) is 6.92 Å². The van der Waals surface area contributed by atoms with Gasteiger partial charge in [-0.25, -0.2) is 0 Å². The Labute approximate surface area is 263 Å². The number of aliphatic hydroxyl groups excluding tert-OH is 5. The number of fused-ring (bicyclic) bond motifs is 4. The van der Waals surface area contributed by atoms with E-state index < -0.39 is 36.1 Å². The Balaban J connectivity index is 1.23. The van der Waals surface area contributed by atoms with Crippen molar-refractivity contribution in [3.8, 4) is 0 Å². The van der Waals surface area contributed by atoms with Crippen molar-refractivity contribution >= 4 is 0 Å². The maximum absolute atomic E-state index is 12.0. The Morgan fingerprint density at radius 1 is 0.841 bits per heavy atom. The van der Waals surface area contributed by atoms with Crippen LogP contribution in [0.3, 0.4) is 0 Å². The average molecular weight is 619 g/mol. The quantitative estimate of drug-likeness (QED) is 0.238. The molecule has 7 aliphatic rings. The number of allylic oxidation sites excluding steroid dienone is 1. The highest BCUT2D eigenvalue weighted by Crippen LogP contribution is 2.79. The number of hydrogen-bond acceptors (Lipinski definition) is 8. The SMILES string of the molecule is C[C@@H]1O[C@H](O[C@@H]2CC[C@@]3(C)C4C=C[C@@]56OC[C@]7(CCC(C)(C)C[C@@H]75)[C@H](O)C[C@]6(C)[C@@]4(C)CCC3[C@@]2(C)CO)[C@@H](O)[C@H](O)[C@@H]1O. The molecule has 0 amide bonds. The fraction of sp³-hybridized carbons (Fsp3) is 0.944. The van der Waals surface area contributed by atoms with Crippen molar-refractivity contribution < 1.29 is 39.7 Å². The van der Waals surface area contributed by atoms with Crippen molar-refractivity contribution in [1.82, 2.24) is 0 Å². The standard InChI is InChI=1S/C36H58O8/c1-20-26(39)27(40)28(41)29(43-20)44-25-10-11-31(4)21(32(25,5)18-37)8-12-33(6)22(31)9-13-36-23-16-30(2,3)14-15-35(23,19-42-36)24(38)17-34(33,36)7/h9,13,20-29,37-41H,8,10-12,14-19H2,1-7H3/t20-,21?,22?,23-,24+,25+,26+,27+,28-,29+,31+,32+,33-,34+,35-,36+/m0/s1. The van der Waals surface area contributed by atoms with Gasteiger partial charge >= 0.3 is 0 Å². The van der Waals surface area contributed by atoms with Gasteiger partial charge in [0.2, 0.25) is 0 Å². The number of hydrogen-bond donors (Lipinski definition) is 5. The largest absolute Gasteiger partial charge is 0.396 e. The first kappa shape index (κ1) is 32.0. The molecular formula is C36H58O8. The van der Waals surface area contributed by atoms with E-state index in [1.165, 1.54) is 0 Å². The smallest absolute Gasteiger partial charge is 0.186 e. The van der Waals surface area contributed by atoms with Gasteiger partial charge in [-0.05, 0) is 86.4 Å². The van der Waals surface area contributed by atoms with E-state index >= 15 is 0 Å². The lowest BCUT2D eigenvalue weighted by molar-refractivity contribution is -0.329. The van der Waals surface area contributed by atoms with Crippen molar-refractivity contribution in [3.05, 3.63) is 12.2 Å². The molecule has 0 aromatic rings. The fourth-order valence-electron chi connectivity index (χ4n) is 12.8. The summed E-state index contributed by atoms with van der Waals surface area (Å²) in [4.78, 5) is 0. The van der Waals surface area contributed by atoms with Crippen LogP contribution in [-0.2, 0) is 14.2 Å². The van der Waals surface area contributed by atoms with Crippen molar-refractivity contribution in [3.63, 3.8) is 0 Å². The minimum atomic E-state index is -1.37. The Morgan fingerprint density at radius 2 is 1.57 bits per heavy atom. The maximum atomic E-state index is 12.0. The van der Waals surface area contributed by atoms with Gasteiger partial charge in [-0.2, -0.15) is 0 Å². The summed E-state index contributed by atoms with van der Waals surface area (Å²) in [6, 6.07) is 0. The minimum absolute atomic E-state index is 0.0582. The molecular weight excluding hydrogens is 560 g/mol. The summed E-state index contributed by atoms with van der Waals surface area (Å²) >= 11 is 0. The van der Waals surface area contributed by atoms with Crippen LogP contribution >= 0.6 is 0 Å². The summed E-state index contributed by atoms with van der Waals surface area (Å²) in [5.41, 5.74) is -1.36. The highest BCUT2D eigenvalue weighted by molar-refractivity contribution is 5.36. The van der Waals surface area contributed by atoms with E-state index in [0.717, 1.165) is 44.9 Å². The van der Waals surface area contributed by atoms with Crippen LogP contribution in [-0.4, -0.2) is 87.3 Å². The highest BCUT2D eigenvalue weighted by Gasteiger charge is 2.79. The van der Waals surface area contributed by atoms with Crippen LogP contribution < -0.4 is 0 Å². The summed E-state index contributed by atoms with van der Waals surface area (Å²) < 4.78 is 19.4. The zero-order valence-corrected chi connectivity index (χ0v) is 28.0. The molecule has 2 saturated heterocycles. The van der Waals surface area contributed by atoms with E-state index in [9.17, 15) is 25.5 Å². The van der Waals surface area contributed by atoms with Gasteiger partial charge < -0.3 is 39.7 Å². The van der Waals surface area contributed by atoms with Crippen LogP contribution in [0.4, 0.5) is 0 Å². The number of aliphatic hydroxyl groups is 5. The van der Waals surface area contributed by atoms with Gasteiger partial charge in [-0.15, -0.1) is 0 Å². The molecule has 6 fully saturated rings. The summed E-state index contributed by atoms with van der Waals surface area (Å²) in [6.07, 6.45) is 5.98. The van der Waals surface area contributed by atoms with Crippen LogP contribution in [0.1, 0.15) is 99.8 Å². The fourth-order valence-corrected chi connectivity index (χ4v) is 12.8. The lowest BCUT2D eigenvalue weighted by Crippen LogP contribution is -2.72. The molecule has 7 rings (SSSR count).